The lowest BCUT2D eigenvalue weighted by Gasteiger charge is -2.12. The summed E-state index contributed by atoms with van der Waals surface area (Å²) in [6.07, 6.45) is 1.22. The monoisotopic (exact) mass is 390 g/mol. The zero-order valence-electron chi connectivity index (χ0n) is 14.9. The number of ether oxygens (including phenoxy) is 4. The molecule has 0 amide bonds. The van der Waals surface area contributed by atoms with Crippen LogP contribution in [0, 0.1) is 15.9 Å². The molecule has 28 heavy (non-hydrogen) atoms. The minimum Gasteiger partial charge on any atom is -0.485 e. The molecule has 0 N–H and O–H groups in total. The molecule has 0 unspecified atom stereocenters. The molecule has 0 aliphatic carbocycles. The molecule has 2 heterocycles. The van der Waals surface area contributed by atoms with Gasteiger partial charge in [-0.15, -0.1) is 0 Å². The van der Waals surface area contributed by atoms with Crippen molar-refractivity contribution in [3.8, 4) is 23.3 Å². The quantitative estimate of drug-likeness (QED) is 0.325. The number of pyridine rings is 1. The Morgan fingerprint density at radius 1 is 1.11 bits per heavy atom. The topological polar surface area (TPSA) is 119 Å². The van der Waals surface area contributed by atoms with Crippen molar-refractivity contribution in [1.29, 1.82) is 0 Å². The standard InChI is InChI=1S/C17H15FN4O6/c1-25-5-6-27-14-8-12-15(21-16(14)26-2)17(20-9-19-12)28-13-4-3-10(22(23)24)7-11(13)18/h3-4,7-9H,5-6H2,1-2H3. The molecule has 0 atom stereocenters. The molecule has 146 valence electrons. The Labute approximate surface area is 158 Å². The van der Waals surface area contributed by atoms with E-state index in [0.29, 0.717) is 17.9 Å². The van der Waals surface area contributed by atoms with Crippen LogP contribution in [-0.2, 0) is 4.74 Å². The zero-order chi connectivity index (χ0) is 20.1. The molecule has 11 heteroatoms. The smallest absolute Gasteiger partial charge is 0.272 e. The highest BCUT2D eigenvalue weighted by Crippen LogP contribution is 2.34. The van der Waals surface area contributed by atoms with Crippen molar-refractivity contribution < 1.29 is 28.3 Å². The number of methoxy groups -OCH3 is 2. The van der Waals surface area contributed by atoms with Crippen LogP contribution in [0.2, 0.25) is 0 Å². The minimum absolute atomic E-state index is 0.0421. The maximum absolute atomic E-state index is 14.1. The summed E-state index contributed by atoms with van der Waals surface area (Å²) in [4.78, 5) is 22.4. The highest BCUT2D eigenvalue weighted by molar-refractivity contribution is 5.81. The molecule has 3 aromatic rings. The Morgan fingerprint density at radius 2 is 1.93 bits per heavy atom. The number of hydrogen-bond acceptors (Lipinski definition) is 9. The van der Waals surface area contributed by atoms with Gasteiger partial charge in [-0.2, -0.15) is 4.98 Å². The Bertz CT molecular complexity index is 1020. The van der Waals surface area contributed by atoms with E-state index in [1.165, 1.54) is 13.4 Å². The molecule has 3 rings (SSSR count). The Morgan fingerprint density at radius 3 is 2.61 bits per heavy atom. The van der Waals surface area contributed by atoms with Gasteiger partial charge >= 0.3 is 0 Å². The van der Waals surface area contributed by atoms with Crippen molar-refractivity contribution >= 4 is 16.7 Å². The molecule has 0 aliphatic rings. The number of aromatic nitrogens is 3. The largest absolute Gasteiger partial charge is 0.485 e. The summed E-state index contributed by atoms with van der Waals surface area (Å²) in [5.74, 6) is -0.690. The predicted molar refractivity (Wildman–Crippen MR) is 94.4 cm³/mol. The van der Waals surface area contributed by atoms with E-state index in [-0.39, 0.29) is 29.6 Å². The molecular formula is C17H15FN4O6. The first-order valence-electron chi connectivity index (χ1n) is 7.96. The predicted octanol–water partition coefficient (Wildman–Crippen LogP) is 2.90. The van der Waals surface area contributed by atoms with Crippen LogP contribution in [0.1, 0.15) is 0 Å². The molecule has 1 aromatic carbocycles. The van der Waals surface area contributed by atoms with Gasteiger partial charge < -0.3 is 18.9 Å². The number of rotatable bonds is 8. The lowest BCUT2D eigenvalue weighted by atomic mass is 10.3. The minimum atomic E-state index is -0.910. The van der Waals surface area contributed by atoms with Gasteiger partial charge in [0.05, 0.1) is 24.7 Å². The summed E-state index contributed by atoms with van der Waals surface area (Å²) in [6.45, 7) is 0.654. The van der Waals surface area contributed by atoms with Crippen LogP contribution in [0.4, 0.5) is 10.1 Å². The normalized spacial score (nSPS) is 10.7. The average Bonchev–Trinajstić information content (AvgIpc) is 2.69. The summed E-state index contributed by atoms with van der Waals surface area (Å²) in [5.41, 5.74) is 0.187. The first kappa shape index (κ1) is 19.2. The van der Waals surface area contributed by atoms with Gasteiger partial charge in [-0.3, -0.25) is 10.1 Å². The SMILES string of the molecule is COCCOc1cc2ncnc(Oc3ccc([N+](=O)[O-])cc3F)c2nc1OC. The fourth-order valence-electron chi connectivity index (χ4n) is 2.28. The number of halogens is 1. The number of fused-ring (bicyclic) bond motifs is 1. The van der Waals surface area contributed by atoms with Crippen LogP contribution in [0.25, 0.3) is 11.0 Å². The third kappa shape index (κ3) is 4.04. The van der Waals surface area contributed by atoms with Gasteiger partial charge in [-0.05, 0) is 6.07 Å². The maximum atomic E-state index is 14.1. The van der Waals surface area contributed by atoms with Crippen LogP contribution in [0.15, 0.2) is 30.6 Å². The number of nitro benzene ring substituents is 1. The second kappa shape index (κ2) is 8.39. The first-order chi connectivity index (χ1) is 13.5. The lowest BCUT2D eigenvalue weighted by molar-refractivity contribution is -0.385. The summed E-state index contributed by atoms with van der Waals surface area (Å²) in [7, 11) is 2.96. The molecule has 0 fully saturated rings. The molecule has 2 aromatic heterocycles. The van der Waals surface area contributed by atoms with E-state index in [1.54, 1.807) is 13.2 Å². The van der Waals surface area contributed by atoms with Gasteiger partial charge in [-0.1, -0.05) is 0 Å². The van der Waals surface area contributed by atoms with Crippen LogP contribution in [0.3, 0.4) is 0 Å². The maximum Gasteiger partial charge on any atom is 0.272 e. The molecular weight excluding hydrogens is 375 g/mol. The molecule has 0 saturated carbocycles. The van der Waals surface area contributed by atoms with Crippen LogP contribution in [-0.4, -0.2) is 47.3 Å². The molecule has 0 bridgehead atoms. The second-order valence-electron chi connectivity index (χ2n) is 5.36. The van der Waals surface area contributed by atoms with E-state index < -0.39 is 16.4 Å². The third-order valence-corrected chi connectivity index (χ3v) is 3.58. The zero-order valence-corrected chi connectivity index (χ0v) is 14.9. The fourth-order valence-corrected chi connectivity index (χ4v) is 2.28. The molecule has 0 aliphatic heterocycles. The number of benzene rings is 1. The summed E-state index contributed by atoms with van der Waals surface area (Å²) < 4.78 is 35.3. The fraction of sp³-hybridized carbons (Fsp3) is 0.235. The van der Waals surface area contributed by atoms with Crippen LogP contribution < -0.4 is 14.2 Å². The summed E-state index contributed by atoms with van der Waals surface area (Å²) in [5, 5.41) is 10.7. The van der Waals surface area contributed by atoms with Crippen molar-refractivity contribution in [3.63, 3.8) is 0 Å². The van der Waals surface area contributed by atoms with Crippen LogP contribution >= 0.6 is 0 Å². The van der Waals surface area contributed by atoms with Crippen molar-refractivity contribution in [2.45, 2.75) is 0 Å². The summed E-state index contributed by atoms with van der Waals surface area (Å²) >= 11 is 0. The van der Waals surface area contributed by atoms with Gasteiger partial charge in [0.25, 0.3) is 11.6 Å². The van der Waals surface area contributed by atoms with Gasteiger partial charge in [0.2, 0.25) is 5.88 Å². The first-order valence-corrected chi connectivity index (χ1v) is 7.96. The Kier molecular flexibility index (Phi) is 5.75. The second-order valence-corrected chi connectivity index (χ2v) is 5.36. The summed E-state index contributed by atoms with van der Waals surface area (Å²) in [6, 6.07) is 4.60. The van der Waals surface area contributed by atoms with E-state index in [0.717, 1.165) is 18.2 Å². The Balaban J connectivity index is 1.97. The lowest BCUT2D eigenvalue weighted by Crippen LogP contribution is -2.06. The van der Waals surface area contributed by atoms with Crippen molar-refractivity contribution in [2.24, 2.45) is 0 Å². The van der Waals surface area contributed by atoms with Crippen molar-refractivity contribution in [1.82, 2.24) is 15.0 Å². The van der Waals surface area contributed by atoms with Gasteiger partial charge in [0.15, 0.2) is 22.8 Å². The van der Waals surface area contributed by atoms with Gasteiger partial charge in [-0.25, -0.2) is 14.4 Å². The van der Waals surface area contributed by atoms with Crippen molar-refractivity contribution in [2.75, 3.05) is 27.4 Å². The number of nitro groups is 1. The van der Waals surface area contributed by atoms with E-state index >= 15 is 0 Å². The highest BCUT2D eigenvalue weighted by atomic mass is 19.1. The van der Waals surface area contributed by atoms with E-state index in [2.05, 4.69) is 15.0 Å². The molecule has 0 saturated heterocycles. The molecule has 10 nitrogen and oxygen atoms in total. The van der Waals surface area contributed by atoms with Gasteiger partial charge in [0, 0.05) is 19.2 Å². The average molecular weight is 390 g/mol. The number of non-ortho nitro benzene ring substituents is 1. The van der Waals surface area contributed by atoms with E-state index in [4.69, 9.17) is 18.9 Å². The number of nitrogens with zero attached hydrogens (tertiary/aromatic N) is 4. The van der Waals surface area contributed by atoms with E-state index in [9.17, 15) is 14.5 Å². The van der Waals surface area contributed by atoms with Crippen molar-refractivity contribution in [3.05, 3.63) is 46.5 Å². The van der Waals surface area contributed by atoms with E-state index in [1.807, 2.05) is 0 Å². The highest BCUT2D eigenvalue weighted by Gasteiger charge is 2.17. The molecule has 0 radical (unpaired) electrons. The number of hydrogen-bond donors (Lipinski definition) is 0. The third-order valence-electron chi connectivity index (χ3n) is 3.58. The van der Waals surface area contributed by atoms with Crippen LogP contribution in [0.5, 0.6) is 23.3 Å². The molecule has 0 spiro atoms. The Hall–Kier alpha value is -3.60. The van der Waals surface area contributed by atoms with Gasteiger partial charge in [0.1, 0.15) is 18.5 Å².